The lowest BCUT2D eigenvalue weighted by Crippen LogP contribution is -2.30. The van der Waals surface area contributed by atoms with Crippen LogP contribution < -0.4 is 25.9 Å². The van der Waals surface area contributed by atoms with Crippen molar-refractivity contribution < 1.29 is 23.6 Å². The second-order valence-electron chi connectivity index (χ2n) is 5.46. The molecule has 1 heterocycles. The molecule has 3 N–H and O–H groups in total. The standard InChI is InChI=1S/C18H20ClFN4O4/c1-12(23-17-10-14(6-8-21-17)28-24-26-2)5-7-22-18(25)11-27-13-3-4-15(19)16(20)9-13/h3-4,6,8-10,24H,1,5,7,11H2,2H3,(H,21,23)(H,22,25). The van der Waals surface area contributed by atoms with Crippen LogP contribution in [-0.2, 0) is 9.63 Å². The van der Waals surface area contributed by atoms with Gasteiger partial charge in [-0.05, 0) is 17.8 Å². The normalized spacial score (nSPS) is 10.2. The van der Waals surface area contributed by atoms with E-state index in [-0.39, 0.29) is 23.3 Å². The fourth-order valence-electron chi connectivity index (χ4n) is 2.00. The number of benzene rings is 1. The molecule has 1 aromatic heterocycles. The summed E-state index contributed by atoms with van der Waals surface area (Å²) in [6, 6.07) is 7.26. The molecule has 0 atom stereocenters. The first kappa shape index (κ1) is 21.4. The van der Waals surface area contributed by atoms with Crippen molar-refractivity contribution in [3.8, 4) is 11.5 Å². The molecule has 2 aromatic rings. The third-order valence-corrected chi connectivity index (χ3v) is 3.60. The molecule has 1 aromatic carbocycles. The van der Waals surface area contributed by atoms with E-state index >= 15 is 0 Å². The van der Waals surface area contributed by atoms with E-state index in [2.05, 4.69) is 32.7 Å². The molecule has 0 aliphatic carbocycles. The third kappa shape index (κ3) is 7.39. The maximum Gasteiger partial charge on any atom is 0.257 e. The summed E-state index contributed by atoms with van der Waals surface area (Å²) in [4.78, 5) is 25.6. The number of ether oxygens (including phenoxy) is 1. The summed E-state index contributed by atoms with van der Waals surface area (Å²) in [7, 11) is 1.43. The summed E-state index contributed by atoms with van der Waals surface area (Å²) in [5.74, 6) is 0.292. The minimum Gasteiger partial charge on any atom is -0.484 e. The van der Waals surface area contributed by atoms with Crippen LogP contribution in [0.2, 0.25) is 5.02 Å². The number of carbonyl (C=O) groups is 1. The van der Waals surface area contributed by atoms with Crippen LogP contribution in [0.15, 0.2) is 48.8 Å². The van der Waals surface area contributed by atoms with E-state index in [4.69, 9.17) is 21.2 Å². The second kappa shape index (κ2) is 11.1. The van der Waals surface area contributed by atoms with Crippen LogP contribution in [0.3, 0.4) is 0 Å². The van der Waals surface area contributed by atoms with E-state index in [1.807, 2.05) is 0 Å². The Kier molecular flexibility index (Phi) is 8.47. The average Bonchev–Trinajstić information content (AvgIpc) is 2.67. The largest absolute Gasteiger partial charge is 0.484 e. The van der Waals surface area contributed by atoms with E-state index in [1.54, 1.807) is 18.3 Å². The second-order valence-corrected chi connectivity index (χ2v) is 5.87. The number of halogens is 2. The van der Waals surface area contributed by atoms with Gasteiger partial charge in [0.15, 0.2) is 12.4 Å². The van der Waals surface area contributed by atoms with Crippen LogP contribution in [0.25, 0.3) is 0 Å². The van der Waals surface area contributed by atoms with Gasteiger partial charge in [-0.1, -0.05) is 18.2 Å². The van der Waals surface area contributed by atoms with Gasteiger partial charge in [0.05, 0.1) is 12.1 Å². The molecular weight excluding hydrogens is 391 g/mol. The minimum atomic E-state index is -0.608. The summed E-state index contributed by atoms with van der Waals surface area (Å²) < 4.78 is 18.5. The van der Waals surface area contributed by atoms with E-state index in [9.17, 15) is 9.18 Å². The van der Waals surface area contributed by atoms with Gasteiger partial charge in [-0.3, -0.25) is 9.63 Å². The van der Waals surface area contributed by atoms with Crippen LogP contribution in [0.5, 0.6) is 11.5 Å². The Hall–Kier alpha value is -2.88. The molecule has 8 nitrogen and oxygen atoms in total. The zero-order valence-electron chi connectivity index (χ0n) is 15.1. The molecule has 0 fully saturated rings. The fraction of sp³-hybridized carbons (Fsp3) is 0.222. The topological polar surface area (TPSA) is 93.7 Å². The lowest BCUT2D eigenvalue weighted by molar-refractivity contribution is -0.123. The first-order valence-electron chi connectivity index (χ1n) is 8.18. The Balaban J connectivity index is 1.68. The van der Waals surface area contributed by atoms with Gasteiger partial charge in [0.1, 0.15) is 17.4 Å². The molecule has 0 saturated heterocycles. The molecule has 0 radical (unpaired) electrons. The Morgan fingerprint density at radius 3 is 2.86 bits per heavy atom. The predicted molar refractivity (Wildman–Crippen MR) is 102 cm³/mol. The monoisotopic (exact) mass is 410 g/mol. The number of amides is 1. The van der Waals surface area contributed by atoms with Gasteiger partial charge in [0, 0.05) is 43.1 Å². The van der Waals surface area contributed by atoms with Gasteiger partial charge in [-0.25, -0.2) is 9.37 Å². The van der Waals surface area contributed by atoms with Gasteiger partial charge < -0.3 is 20.2 Å². The number of anilines is 1. The quantitative estimate of drug-likeness (QED) is 0.490. The number of hydrogen-bond acceptors (Lipinski definition) is 7. The molecule has 1 amide bonds. The third-order valence-electron chi connectivity index (χ3n) is 3.29. The van der Waals surface area contributed by atoms with Gasteiger partial charge in [-0.2, -0.15) is 0 Å². The summed E-state index contributed by atoms with van der Waals surface area (Å²) >= 11 is 5.59. The van der Waals surface area contributed by atoms with Crippen molar-refractivity contribution >= 4 is 23.3 Å². The highest BCUT2D eigenvalue weighted by molar-refractivity contribution is 6.30. The number of aromatic nitrogens is 1. The molecule has 0 saturated carbocycles. The van der Waals surface area contributed by atoms with Crippen molar-refractivity contribution in [3.05, 3.63) is 59.6 Å². The van der Waals surface area contributed by atoms with Crippen LogP contribution in [0.1, 0.15) is 6.42 Å². The summed E-state index contributed by atoms with van der Waals surface area (Å²) in [5, 5.41) is 5.68. The lowest BCUT2D eigenvalue weighted by Gasteiger charge is -2.11. The lowest BCUT2D eigenvalue weighted by atomic mass is 10.3. The summed E-state index contributed by atoms with van der Waals surface area (Å²) in [5.41, 5.74) is 2.90. The number of carbonyl (C=O) groups excluding carboxylic acids is 1. The zero-order valence-corrected chi connectivity index (χ0v) is 15.9. The summed E-state index contributed by atoms with van der Waals surface area (Å²) in [6.45, 7) is 3.98. The highest BCUT2D eigenvalue weighted by Crippen LogP contribution is 2.20. The SMILES string of the molecule is C=C(CCNC(=O)COc1ccc(Cl)c(F)c1)Nc1cc(ONOC)ccn1. The Morgan fingerprint density at radius 2 is 2.11 bits per heavy atom. The molecule has 150 valence electrons. The van der Waals surface area contributed by atoms with E-state index in [1.165, 1.54) is 19.2 Å². The zero-order chi connectivity index (χ0) is 20.4. The smallest absolute Gasteiger partial charge is 0.257 e. The van der Waals surface area contributed by atoms with E-state index < -0.39 is 5.82 Å². The van der Waals surface area contributed by atoms with E-state index in [0.29, 0.717) is 30.2 Å². The molecule has 10 heteroatoms. The number of nitrogens with one attached hydrogen (secondary N) is 3. The van der Waals surface area contributed by atoms with Gasteiger partial charge >= 0.3 is 0 Å². The summed E-state index contributed by atoms with van der Waals surface area (Å²) in [6.07, 6.45) is 2.02. The van der Waals surface area contributed by atoms with Crippen LogP contribution >= 0.6 is 11.6 Å². The molecule has 2 rings (SSSR count). The first-order chi connectivity index (χ1) is 13.5. The number of nitrogens with zero attached hydrogens (tertiary/aromatic N) is 1. The van der Waals surface area contributed by atoms with E-state index in [0.717, 1.165) is 6.07 Å². The van der Waals surface area contributed by atoms with Crippen molar-refractivity contribution in [2.45, 2.75) is 6.42 Å². The highest BCUT2D eigenvalue weighted by atomic mass is 35.5. The molecule has 0 spiro atoms. The Bertz CT molecular complexity index is 822. The molecule has 0 aliphatic heterocycles. The van der Waals surface area contributed by atoms with Crippen molar-refractivity contribution in [2.24, 2.45) is 0 Å². The van der Waals surface area contributed by atoms with Crippen LogP contribution in [-0.4, -0.2) is 31.2 Å². The number of pyridine rings is 1. The predicted octanol–water partition coefficient (Wildman–Crippen LogP) is 2.83. The number of rotatable bonds is 11. The molecule has 0 aliphatic rings. The molecule has 28 heavy (non-hydrogen) atoms. The highest BCUT2D eigenvalue weighted by Gasteiger charge is 2.06. The fourth-order valence-corrected chi connectivity index (χ4v) is 2.11. The maximum absolute atomic E-state index is 13.3. The van der Waals surface area contributed by atoms with Crippen molar-refractivity contribution in [2.75, 3.05) is 25.6 Å². The Morgan fingerprint density at radius 1 is 1.29 bits per heavy atom. The minimum absolute atomic E-state index is 0.00985. The van der Waals surface area contributed by atoms with Gasteiger partial charge in [0.25, 0.3) is 5.91 Å². The van der Waals surface area contributed by atoms with Crippen molar-refractivity contribution in [3.63, 3.8) is 0 Å². The molecular formula is C18H20ClFN4O4. The van der Waals surface area contributed by atoms with Crippen molar-refractivity contribution in [1.29, 1.82) is 0 Å². The Labute approximate surface area is 166 Å². The molecule has 0 unspecified atom stereocenters. The van der Waals surface area contributed by atoms with Crippen LogP contribution in [0, 0.1) is 5.82 Å². The average molecular weight is 411 g/mol. The van der Waals surface area contributed by atoms with Crippen molar-refractivity contribution in [1.82, 2.24) is 15.9 Å². The first-order valence-corrected chi connectivity index (χ1v) is 8.56. The molecule has 0 bridgehead atoms. The number of hydrogen-bond donors (Lipinski definition) is 3. The maximum atomic E-state index is 13.3. The van der Waals surface area contributed by atoms with Gasteiger partial charge in [0.2, 0.25) is 0 Å². The van der Waals surface area contributed by atoms with Gasteiger partial charge in [-0.15, -0.1) is 0 Å². The van der Waals surface area contributed by atoms with Crippen LogP contribution in [0.4, 0.5) is 10.2 Å².